The summed E-state index contributed by atoms with van der Waals surface area (Å²) in [7, 11) is -0.577. The van der Waals surface area contributed by atoms with E-state index in [0.717, 1.165) is 40.5 Å². The summed E-state index contributed by atoms with van der Waals surface area (Å²) in [5, 5.41) is 0. The summed E-state index contributed by atoms with van der Waals surface area (Å²) < 4.78 is 25.2. The number of hydrogen-bond acceptors (Lipinski definition) is 4. The molecule has 0 bridgehead atoms. The Labute approximate surface area is 234 Å². The summed E-state index contributed by atoms with van der Waals surface area (Å²) in [6, 6.07) is 18.6. The molecule has 2 aliphatic heterocycles. The smallest absolute Gasteiger partial charge is 0.399 e. The molecule has 2 aromatic rings. The van der Waals surface area contributed by atoms with Gasteiger partial charge in [0.05, 0.1) is 22.4 Å². The van der Waals surface area contributed by atoms with Crippen LogP contribution in [0.25, 0.3) is 0 Å². The molecule has 0 spiro atoms. The largest absolute Gasteiger partial charge is 0.494 e. The first-order valence-electron chi connectivity index (χ1n) is 15.1. The number of rotatable bonds is 4. The van der Waals surface area contributed by atoms with E-state index in [1.165, 1.54) is 6.42 Å². The zero-order chi connectivity index (χ0) is 27.5. The molecular formula is C33H42B2O4. The highest BCUT2D eigenvalue weighted by Gasteiger charge is 2.95. The Morgan fingerprint density at radius 1 is 0.564 bits per heavy atom. The fraction of sp³-hybridized carbons (Fsp3) is 0.636. The van der Waals surface area contributed by atoms with E-state index in [1.807, 2.05) is 0 Å². The standard InChI is InChI=1S/C33H42B2O4/c1-19-25-27-26-24(33(19,27)21-12-16-23(17-13-21)35-38-30(6,7)31(8,9)39-35)18-32(25,26)20-10-14-22(15-11-20)34-36-28(2,3)29(4,5)37-34/h10-17,19,24-27H,18H2,1-9H3. The van der Waals surface area contributed by atoms with Crippen LogP contribution in [0.1, 0.15) is 79.9 Å². The molecule has 6 aliphatic rings. The molecule has 204 valence electrons. The Balaban J connectivity index is 1.00. The maximum atomic E-state index is 6.31. The summed E-state index contributed by atoms with van der Waals surface area (Å²) in [6.45, 7) is 19.5. The van der Waals surface area contributed by atoms with Crippen LogP contribution in [0.4, 0.5) is 0 Å². The van der Waals surface area contributed by atoms with Gasteiger partial charge in [0.2, 0.25) is 0 Å². The normalized spacial score (nSPS) is 42.6. The molecule has 4 nitrogen and oxygen atoms in total. The molecule has 0 amide bonds. The molecule has 2 aromatic carbocycles. The first-order valence-corrected chi connectivity index (χ1v) is 15.1. The third-order valence-corrected chi connectivity index (χ3v) is 13.3. The van der Waals surface area contributed by atoms with Crippen LogP contribution in [0.5, 0.6) is 0 Å². The zero-order valence-corrected chi connectivity index (χ0v) is 25.0. The molecular weight excluding hydrogens is 482 g/mol. The summed E-state index contributed by atoms with van der Waals surface area (Å²) in [4.78, 5) is 0. The van der Waals surface area contributed by atoms with Crippen molar-refractivity contribution < 1.29 is 18.6 Å². The fourth-order valence-corrected chi connectivity index (χ4v) is 9.96. The first kappa shape index (κ1) is 25.1. The van der Waals surface area contributed by atoms with Crippen LogP contribution in [-0.4, -0.2) is 36.6 Å². The molecule has 0 aromatic heterocycles. The SMILES string of the molecule is CC1C2C3C4C(CC24c2ccc(B4OC(C)(C)C(C)(C)O4)cc2)C13c1ccc(B2OC(C)(C)C(C)(C)O2)cc1. The molecule has 2 saturated heterocycles. The van der Waals surface area contributed by atoms with E-state index in [-0.39, 0.29) is 36.6 Å². The minimum absolute atomic E-state index is 0.288. The van der Waals surface area contributed by atoms with Crippen molar-refractivity contribution in [2.45, 2.75) is 102 Å². The van der Waals surface area contributed by atoms with Gasteiger partial charge in [-0.2, -0.15) is 0 Å². The molecule has 4 saturated carbocycles. The van der Waals surface area contributed by atoms with E-state index in [9.17, 15) is 0 Å². The number of benzene rings is 2. The van der Waals surface area contributed by atoms with Gasteiger partial charge in [0.25, 0.3) is 0 Å². The Morgan fingerprint density at radius 2 is 0.974 bits per heavy atom. The molecule has 8 rings (SSSR count). The lowest BCUT2D eigenvalue weighted by atomic mass is 9.06. The fourth-order valence-electron chi connectivity index (χ4n) is 9.96. The highest BCUT2D eigenvalue weighted by atomic mass is 16.7. The Hall–Kier alpha value is -1.59. The molecule has 39 heavy (non-hydrogen) atoms. The minimum atomic E-state index is -0.310. The topological polar surface area (TPSA) is 36.9 Å². The Kier molecular flexibility index (Phi) is 4.55. The minimum Gasteiger partial charge on any atom is -0.399 e. The van der Waals surface area contributed by atoms with Gasteiger partial charge in [0.1, 0.15) is 0 Å². The van der Waals surface area contributed by atoms with Gasteiger partial charge in [-0.25, -0.2) is 0 Å². The average Bonchev–Trinajstić information content (AvgIpc) is 3.22. The lowest BCUT2D eigenvalue weighted by molar-refractivity contribution is -0.438. The van der Waals surface area contributed by atoms with Gasteiger partial charge >= 0.3 is 14.2 Å². The summed E-state index contributed by atoms with van der Waals surface area (Å²) in [6.07, 6.45) is 1.33. The van der Waals surface area contributed by atoms with Crippen LogP contribution in [0.3, 0.4) is 0 Å². The third-order valence-electron chi connectivity index (χ3n) is 13.3. The molecule has 6 fully saturated rings. The van der Waals surface area contributed by atoms with Crippen LogP contribution < -0.4 is 10.9 Å². The number of hydrogen-bond donors (Lipinski definition) is 0. The van der Waals surface area contributed by atoms with Crippen molar-refractivity contribution >= 4 is 25.2 Å². The molecule has 0 radical (unpaired) electrons. The van der Waals surface area contributed by atoms with E-state index < -0.39 is 0 Å². The Bertz CT molecular complexity index is 1320. The molecule has 7 unspecified atom stereocenters. The maximum absolute atomic E-state index is 6.31. The van der Waals surface area contributed by atoms with Gasteiger partial charge in [-0.1, -0.05) is 55.5 Å². The van der Waals surface area contributed by atoms with E-state index in [2.05, 4.69) is 111 Å². The molecule has 7 atom stereocenters. The predicted octanol–water partition coefficient (Wildman–Crippen LogP) is 5.01. The van der Waals surface area contributed by atoms with Gasteiger partial charge in [0.15, 0.2) is 0 Å². The van der Waals surface area contributed by atoms with Crippen molar-refractivity contribution in [3.8, 4) is 0 Å². The van der Waals surface area contributed by atoms with Crippen molar-refractivity contribution in [1.29, 1.82) is 0 Å². The van der Waals surface area contributed by atoms with Gasteiger partial charge < -0.3 is 18.6 Å². The van der Waals surface area contributed by atoms with Crippen LogP contribution in [0.2, 0.25) is 0 Å². The van der Waals surface area contributed by atoms with Crippen molar-refractivity contribution in [1.82, 2.24) is 0 Å². The zero-order valence-electron chi connectivity index (χ0n) is 25.0. The molecule has 2 heterocycles. The summed E-state index contributed by atoms with van der Waals surface area (Å²) in [5.74, 6) is 4.03. The molecule has 4 aliphatic carbocycles. The van der Waals surface area contributed by atoms with Crippen LogP contribution in [0.15, 0.2) is 48.5 Å². The van der Waals surface area contributed by atoms with E-state index in [0.29, 0.717) is 10.8 Å². The van der Waals surface area contributed by atoms with Gasteiger partial charge in [-0.05, 0) is 113 Å². The van der Waals surface area contributed by atoms with Crippen LogP contribution >= 0.6 is 0 Å². The second-order valence-corrected chi connectivity index (χ2v) is 15.6. The predicted molar refractivity (Wildman–Crippen MR) is 155 cm³/mol. The van der Waals surface area contributed by atoms with Gasteiger partial charge in [-0.15, -0.1) is 0 Å². The quantitative estimate of drug-likeness (QED) is 0.528. The second kappa shape index (κ2) is 7.06. The Morgan fingerprint density at radius 3 is 1.33 bits per heavy atom. The third kappa shape index (κ3) is 2.66. The maximum Gasteiger partial charge on any atom is 0.494 e. The van der Waals surface area contributed by atoms with Gasteiger partial charge in [-0.3, -0.25) is 0 Å². The van der Waals surface area contributed by atoms with E-state index in [1.54, 1.807) is 11.1 Å². The average molecular weight is 524 g/mol. The highest BCUT2D eigenvalue weighted by Crippen LogP contribution is 2.96. The van der Waals surface area contributed by atoms with Crippen molar-refractivity contribution in [2.24, 2.45) is 29.6 Å². The summed E-state index contributed by atoms with van der Waals surface area (Å²) in [5.41, 5.74) is 4.89. The summed E-state index contributed by atoms with van der Waals surface area (Å²) >= 11 is 0. The number of fused-ring (bicyclic) bond motifs is 2. The lowest BCUT2D eigenvalue weighted by Gasteiger charge is -2.97. The lowest BCUT2D eigenvalue weighted by Crippen LogP contribution is -2.97. The van der Waals surface area contributed by atoms with Crippen LogP contribution in [0, 0.1) is 29.6 Å². The van der Waals surface area contributed by atoms with Gasteiger partial charge in [0, 0.05) is 10.8 Å². The second-order valence-electron chi connectivity index (χ2n) is 15.6. The van der Waals surface area contributed by atoms with Crippen LogP contribution in [-0.2, 0) is 29.4 Å². The monoisotopic (exact) mass is 524 g/mol. The highest BCUT2D eigenvalue weighted by molar-refractivity contribution is 6.62. The van der Waals surface area contributed by atoms with Crippen molar-refractivity contribution in [3.63, 3.8) is 0 Å². The van der Waals surface area contributed by atoms with E-state index in [4.69, 9.17) is 18.6 Å². The molecule has 0 N–H and O–H groups in total. The molecule has 6 heteroatoms. The van der Waals surface area contributed by atoms with E-state index >= 15 is 0 Å². The first-order chi connectivity index (χ1) is 18.2. The van der Waals surface area contributed by atoms with Crippen molar-refractivity contribution in [3.05, 3.63) is 59.7 Å². The van der Waals surface area contributed by atoms with Crippen molar-refractivity contribution in [2.75, 3.05) is 0 Å².